The topological polar surface area (TPSA) is 96.0 Å². The van der Waals surface area contributed by atoms with Crippen LogP contribution in [0, 0.1) is 5.82 Å². The molecule has 1 aromatic heterocycles. The van der Waals surface area contributed by atoms with E-state index in [-0.39, 0.29) is 29.7 Å². The number of carbonyl (C=O) groups is 2. The number of benzene rings is 2. The second-order valence-electron chi connectivity index (χ2n) is 6.44. The van der Waals surface area contributed by atoms with Gasteiger partial charge in [-0.05, 0) is 44.2 Å². The predicted molar refractivity (Wildman–Crippen MR) is 102 cm³/mol. The average Bonchev–Trinajstić information content (AvgIpc) is 2.96. The standard InChI is InChI=1S/C20H19FN4O3/c1-12(2)25-16-6-4-3-5-15(16)18(20(25)28)24-23-17(26)11-22-19(27)13-7-9-14(21)10-8-13/h3-10,12,28H,11H2,1-2H3,(H,22,27). The molecule has 8 heteroatoms. The molecule has 7 nitrogen and oxygen atoms in total. The van der Waals surface area contributed by atoms with E-state index in [0.717, 1.165) is 17.6 Å². The lowest BCUT2D eigenvalue weighted by molar-refractivity contribution is -0.117. The van der Waals surface area contributed by atoms with Crippen molar-refractivity contribution in [3.63, 3.8) is 0 Å². The molecule has 0 atom stereocenters. The molecular weight excluding hydrogens is 363 g/mol. The third kappa shape index (κ3) is 3.90. The van der Waals surface area contributed by atoms with E-state index in [9.17, 15) is 19.1 Å². The fourth-order valence-electron chi connectivity index (χ4n) is 2.85. The lowest BCUT2D eigenvalue weighted by atomic mass is 10.2. The number of hydrogen-bond donors (Lipinski definition) is 2. The quantitative estimate of drug-likeness (QED) is 0.650. The number of carbonyl (C=O) groups excluding carboxylic acids is 2. The van der Waals surface area contributed by atoms with Gasteiger partial charge in [-0.3, -0.25) is 9.59 Å². The van der Waals surface area contributed by atoms with Crippen LogP contribution >= 0.6 is 0 Å². The Morgan fingerprint density at radius 1 is 1.14 bits per heavy atom. The van der Waals surface area contributed by atoms with E-state index in [1.54, 1.807) is 16.7 Å². The van der Waals surface area contributed by atoms with E-state index in [4.69, 9.17) is 0 Å². The first-order valence-electron chi connectivity index (χ1n) is 8.68. The van der Waals surface area contributed by atoms with E-state index in [1.807, 2.05) is 26.0 Å². The van der Waals surface area contributed by atoms with Gasteiger partial charge in [0.05, 0.1) is 5.52 Å². The summed E-state index contributed by atoms with van der Waals surface area (Å²) in [5.41, 5.74) is 1.20. The van der Waals surface area contributed by atoms with Crippen molar-refractivity contribution in [2.75, 3.05) is 6.54 Å². The number of nitrogens with zero attached hydrogens (tertiary/aromatic N) is 3. The van der Waals surface area contributed by atoms with Crippen LogP contribution in [0.25, 0.3) is 10.9 Å². The molecule has 2 amide bonds. The van der Waals surface area contributed by atoms with Crippen LogP contribution in [0.15, 0.2) is 58.8 Å². The molecule has 0 aliphatic rings. The van der Waals surface area contributed by atoms with Gasteiger partial charge in [-0.25, -0.2) is 4.39 Å². The van der Waals surface area contributed by atoms with Crippen molar-refractivity contribution >= 4 is 28.4 Å². The molecule has 2 N–H and O–H groups in total. The number of nitrogens with one attached hydrogen (secondary N) is 1. The van der Waals surface area contributed by atoms with Crippen LogP contribution in [-0.2, 0) is 4.79 Å². The number of fused-ring (bicyclic) bond motifs is 1. The van der Waals surface area contributed by atoms with Crippen LogP contribution in [0.1, 0.15) is 30.2 Å². The Morgan fingerprint density at radius 3 is 2.50 bits per heavy atom. The summed E-state index contributed by atoms with van der Waals surface area (Å²) in [4.78, 5) is 23.9. The molecule has 28 heavy (non-hydrogen) atoms. The maximum atomic E-state index is 12.9. The summed E-state index contributed by atoms with van der Waals surface area (Å²) in [5, 5.41) is 21.0. The average molecular weight is 382 g/mol. The van der Waals surface area contributed by atoms with Gasteiger partial charge in [0.2, 0.25) is 5.88 Å². The molecule has 0 saturated carbocycles. The zero-order valence-electron chi connectivity index (χ0n) is 15.4. The van der Waals surface area contributed by atoms with Gasteiger partial charge in [-0.2, -0.15) is 0 Å². The minimum Gasteiger partial charge on any atom is -0.493 e. The summed E-state index contributed by atoms with van der Waals surface area (Å²) in [7, 11) is 0. The van der Waals surface area contributed by atoms with Crippen molar-refractivity contribution < 1.29 is 19.1 Å². The summed E-state index contributed by atoms with van der Waals surface area (Å²) < 4.78 is 14.6. The maximum Gasteiger partial charge on any atom is 0.283 e. The second-order valence-corrected chi connectivity index (χ2v) is 6.44. The number of rotatable bonds is 5. The van der Waals surface area contributed by atoms with E-state index in [0.29, 0.717) is 5.39 Å². The van der Waals surface area contributed by atoms with Crippen molar-refractivity contribution in [1.29, 1.82) is 0 Å². The number of hydrogen-bond acceptors (Lipinski definition) is 4. The zero-order valence-corrected chi connectivity index (χ0v) is 15.4. The molecule has 0 unspecified atom stereocenters. The molecule has 0 radical (unpaired) electrons. The number of amides is 2. The molecule has 3 rings (SSSR count). The summed E-state index contributed by atoms with van der Waals surface area (Å²) in [6, 6.07) is 12.2. The van der Waals surface area contributed by atoms with Gasteiger partial charge in [0.25, 0.3) is 11.8 Å². The highest BCUT2D eigenvalue weighted by Gasteiger charge is 2.18. The highest BCUT2D eigenvalue weighted by molar-refractivity contribution is 5.97. The Morgan fingerprint density at radius 2 is 1.82 bits per heavy atom. The summed E-state index contributed by atoms with van der Waals surface area (Å²) in [5.74, 6) is -1.75. The van der Waals surface area contributed by atoms with Gasteiger partial charge in [0.1, 0.15) is 12.4 Å². The number of azo groups is 1. The highest BCUT2D eigenvalue weighted by Crippen LogP contribution is 2.40. The summed E-state index contributed by atoms with van der Waals surface area (Å²) in [6.45, 7) is 3.47. The van der Waals surface area contributed by atoms with Crippen molar-refractivity contribution in [3.05, 3.63) is 59.9 Å². The van der Waals surface area contributed by atoms with Crippen LogP contribution in [0.5, 0.6) is 5.88 Å². The molecule has 3 aromatic rings. The third-order valence-corrected chi connectivity index (χ3v) is 4.14. The number of aromatic nitrogens is 1. The molecular formula is C20H19FN4O3. The Labute approximate surface area is 160 Å². The zero-order chi connectivity index (χ0) is 20.3. The highest BCUT2D eigenvalue weighted by atomic mass is 19.1. The van der Waals surface area contributed by atoms with E-state index < -0.39 is 17.6 Å². The van der Waals surface area contributed by atoms with Gasteiger partial charge in [-0.1, -0.05) is 18.2 Å². The predicted octanol–water partition coefficient (Wildman–Crippen LogP) is 4.11. The summed E-state index contributed by atoms with van der Waals surface area (Å²) >= 11 is 0. The van der Waals surface area contributed by atoms with Gasteiger partial charge in [-0.15, -0.1) is 10.2 Å². The van der Waals surface area contributed by atoms with Crippen molar-refractivity contribution in [1.82, 2.24) is 9.88 Å². The normalized spacial score (nSPS) is 11.4. The minimum absolute atomic E-state index is 0.0143. The second kappa shape index (κ2) is 7.99. The third-order valence-electron chi connectivity index (χ3n) is 4.14. The molecule has 0 saturated heterocycles. The lowest BCUT2D eigenvalue weighted by Gasteiger charge is -2.10. The van der Waals surface area contributed by atoms with Gasteiger partial charge < -0.3 is 15.0 Å². The number of para-hydroxylation sites is 1. The fraction of sp³-hybridized carbons (Fsp3) is 0.200. The van der Waals surface area contributed by atoms with Crippen LogP contribution in [0.2, 0.25) is 0 Å². The Hall–Kier alpha value is -3.55. The lowest BCUT2D eigenvalue weighted by Crippen LogP contribution is -2.28. The first kappa shape index (κ1) is 19.2. The van der Waals surface area contributed by atoms with Crippen molar-refractivity contribution in [2.45, 2.75) is 19.9 Å². The molecule has 144 valence electrons. The van der Waals surface area contributed by atoms with Crippen molar-refractivity contribution in [3.8, 4) is 5.88 Å². The maximum absolute atomic E-state index is 12.9. The summed E-state index contributed by atoms with van der Waals surface area (Å²) in [6.07, 6.45) is 0. The molecule has 0 spiro atoms. The fourth-order valence-corrected chi connectivity index (χ4v) is 2.85. The van der Waals surface area contributed by atoms with Gasteiger partial charge in [0.15, 0.2) is 5.69 Å². The SMILES string of the molecule is CC(C)n1c(O)c(N=NC(=O)CNC(=O)c2ccc(F)cc2)c2ccccc21. The van der Waals surface area contributed by atoms with E-state index >= 15 is 0 Å². The first-order valence-corrected chi connectivity index (χ1v) is 8.68. The van der Waals surface area contributed by atoms with E-state index in [2.05, 4.69) is 15.5 Å². The molecule has 0 aliphatic heterocycles. The molecule has 0 bridgehead atoms. The Kier molecular flexibility index (Phi) is 5.49. The van der Waals surface area contributed by atoms with E-state index in [1.165, 1.54) is 12.1 Å². The first-order chi connectivity index (χ1) is 13.4. The Balaban J connectivity index is 1.73. The molecule has 2 aromatic carbocycles. The smallest absolute Gasteiger partial charge is 0.283 e. The minimum atomic E-state index is -0.684. The molecule has 1 heterocycles. The van der Waals surface area contributed by atoms with Crippen LogP contribution in [-0.4, -0.2) is 28.0 Å². The Bertz CT molecular complexity index is 1060. The van der Waals surface area contributed by atoms with Crippen molar-refractivity contribution in [2.24, 2.45) is 10.2 Å². The van der Waals surface area contributed by atoms with Crippen LogP contribution < -0.4 is 5.32 Å². The number of halogens is 1. The number of aromatic hydroxyl groups is 1. The molecule has 0 fully saturated rings. The largest absolute Gasteiger partial charge is 0.493 e. The van der Waals surface area contributed by atoms with Crippen LogP contribution in [0.3, 0.4) is 0 Å². The van der Waals surface area contributed by atoms with Gasteiger partial charge in [0, 0.05) is 17.0 Å². The molecule has 0 aliphatic carbocycles. The monoisotopic (exact) mass is 382 g/mol. The van der Waals surface area contributed by atoms with Gasteiger partial charge >= 0.3 is 0 Å². The van der Waals surface area contributed by atoms with Crippen LogP contribution in [0.4, 0.5) is 10.1 Å².